The SMILES string of the molecule is CNC(CCc1ccco1)CC1CCCCC1. The van der Waals surface area contributed by atoms with Gasteiger partial charge in [-0.15, -0.1) is 0 Å². The van der Waals surface area contributed by atoms with Crippen LogP contribution in [0.15, 0.2) is 22.8 Å². The van der Waals surface area contributed by atoms with Gasteiger partial charge in [-0.05, 0) is 37.9 Å². The molecule has 1 heterocycles. The molecular weight excluding hydrogens is 210 g/mol. The topological polar surface area (TPSA) is 25.2 Å². The van der Waals surface area contributed by atoms with E-state index >= 15 is 0 Å². The second kappa shape index (κ2) is 6.85. The maximum atomic E-state index is 5.39. The van der Waals surface area contributed by atoms with E-state index in [0.29, 0.717) is 6.04 Å². The van der Waals surface area contributed by atoms with Gasteiger partial charge in [0, 0.05) is 12.5 Å². The Bertz CT molecular complexity index is 288. The third kappa shape index (κ3) is 4.19. The highest BCUT2D eigenvalue weighted by atomic mass is 16.3. The van der Waals surface area contributed by atoms with Crippen molar-refractivity contribution in [1.82, 2.24) is 5.32 Å². The molecule has 0 aliphatic heterocycles. The Labute approximate surface area is 105 Å². The number of aryl methyl sites for hydroxylation is 1. The molecule has 1 aromatic rings. The first kappa shape index (κ1) is 12.7. The van der Waals surface area contributed by atoms with Gasteiger partial charge < -0.3 is 9.73 Å². The minimum atomic E-state index is 0.656. The van der Waals surface area contributed by atoms with E-state index in [4.69, 9.17) is 4.42 Å². The molecule has 0 saturated heterocycles. The molecule has 2 nitrogen and oxygen atoms in total. The summed E-state index contributed by atoms with van der Waals surface area (Å²) in [5, 5.41) is 3.47. The minimum Gasteiger partial charge on any atom is -0.469 e. The third-order valence-electron chi connectivity index (χ3n) is 4.07. The molecule has 1 N–H and O–H groups in total. The molecule has 0 amide bonds. The molecule has 2 rings (SSSR count). The van der Waals surface area contributed by atoms with Crippen LogP contribution in [0, 0.1) is 5.92 Å². The molecule has 1 unspecified atom stereocenters. The Kier molecular flexibility index (Phi) is 5.11. The van der Waals surface area contributed by atoms with Crippen LogP contribution in [-0.2, 0) is 6.42 Å². The van der Waals surface area contributed by atoms with Crippen molar-refractivity contribution in [2.45, 2.75) is 57.4 Å². The van der Waals surface area contributed by atoms with E-state index in [1.165, 1.54) is 44.9 Å². The van der Waals surface area contributed by atoms with Crippen molar-refractivity contribution >= 4 is 0 Å². The molecule has 2 heteroatoms. The average Bonchev–Trinajstić information content (AvgIpc) is 2.89. The monoisotopic (exact) mass is 235 g/mol. The second-order valence-corrected chi connectivity index (χ2v) is 5.34. The van der Waals surface area contributed by atoms with Crippen LogP contribution in [-0.4, -0.2) is 13.1 Å². The summed E-state index contributed by atoms with van der Waals surface area (Å²) in [5.41, 5.74) is 0. The van der Waals surface area contributed by atoms with Gasteiger partial charge in [0.25, 0.3) is 0 Å². The zero-order chi connectivity index (χ0) is 11.9. The smallest absolute Gasteiger partial charge is 0.103 e. The van der Waals surface area contributed by atoms with Crippen molar-refractivity contribution in [1.29, 1.82) is 0 Å². The Morgan fingerprint density at radius 1 is 1.35 bits per heavy atom. The number of hydrogen-bond donors (Lipinski definition) is 1. The molecule has 0 aromatic carbocycles. The van der Waals surface area contributed by atoms with E-state index in [-0.39, 0.29) is 0 Å². The Hall–Kier alpha value is -0.760. The fourth-order valence-corrected chi connectivity index (χ4v) is 2.98. The minimum absolute atomic E-state index is 0.656. The van der Waals surface area contributed by atoms with Crippen molar-refractivity contribution in [3.8, 4) is 0 Å². The van der Waals surface area contributed by atoms with Gasteiger partial charge in [0.05, 0.1) is 6.26 Å². The molecule has 1 saturated carbocycles. The third-order valence-corrected chi connectivity index (χ3v) is 4.07. The van der Waals surface area contributed by atoms with Crippen molar-refractivity contribution in [2.75, 3.05) is 7.05 Å². The van der Waals surface area contributed by atoms with E-state index in [2.05, 4.69) is 18.4 Å². The summed E-state index contributed by atoms with van der Waals surface area (Å²) in [4.78, 5) is 0. The van der Waals surface area contributed by atoms with Crippen LogP contribution in [0.3, 0.4) is 0 Å². The average molecular weight is 235 g/mol. The Morgan fingerprint density at radius 2 is 2.18 bits per heavy atom. The highest BCUT2D eigenvalue weighted by molar-refractivity contribution is 4.98. The lowest BCUT2D eigenvalue weighted by Crippen LogP contribution is -2.29. The van der Waals surface area contributed by atoms with Gasteiger partial charge in [0.2, 0.25) is 0 Å². The van der Waals surface area contributed by atoms with Crippen LogP contribution in [0.25, 0.3) is 0 Å². The van der Waals surface area contributed by atoms with Crippen LogP contribution < -0.4 is 5.32 Å². The molecular formula is C15H25NO. The molecule has 0 radical (unpaired) electrons. The first-order chi connectivity index (χ1) is 8.38. The normalized spacial score (nSPS) is 19.4. The molecule has 1 aromatic heterocycles. The zero-order valence-electron chi connectivity index (χ0n) is 11.0. The van der Waals surface area contributed by atoms with Gasteiger partial charge in [-0.25, -0.2) is 0 Å². The molecule has 0 spiro atoms. The maximum Gasteiger partial charge on any atom is 0.103 e. The Balaban J connectivity index is 1.72. The summed E-state index contributed by atoms with van der Waals surface area (Å²) in [5.74, 6) is 2.08. The Morgan fingerprint density at radius 3 is 2.82 bits per heavy atom. The fraction of sp³-hybridized carbons (Fsp3) is 0.733. The molecule has 1 fully saturated rings. The van der Waals surface area contributed by atoms with E-state index in [0.717, 1.165) is 18.1 Å². The summed E-state index contributed by atoms with van der Waals surface area (Å²) in [6.07, 6.45) is 12.6. The van der Waals surface area contributed by atoms with Crippen LogP contribution in [0.2, 0.25) is 0 Å². The molecule has 0 bridgehead atoms. The van der Waals surface area contributed by atoms with Gasteiger partial charge in [-0.2, -0.15) is 0 Å². The van der Waals surface area contributed by atoms with Gasteiger partial charge >= 0.3 is 0 Å². The predicted octanol–water partition coefficient (Wildman–Crippen LogP) is 3.77. The lowest BCUT2D eigenvalue weighted by atomic mass is 9.84. The lowest BCUT2D eigenvalue weighted by molar-refractivity contribution is 0.295. The fourth-order valence-electron chi connectivity index (χ4n) is 2.98. The first-order valence-electron chi connectivity index (χ1n) is 7.08. The van der Waals surface area contributed by atoms with Crippen LogP contribution in [0.1, 0.15) is 50.7 Å². The van der Waals surface area contributed by atoms with Crippen molar-refractivity contribution in [2.24, 2.45) is 5.92 Å². The molecule has 1 aliphatic rings. The van der Waals surface area contributed by atoms with Gasteiger partial charge in [-0.1, -0.05) is 32.1 Å². The van der Waals surface area contributed by atoms with E-state index in [1.807, 2.05) is 6.07 Å². The molecule has 1 atom stereocenters. The summed E-state index contributed by atoms with van der Waals surface area (Å²) in [7, 11) is 2.09. The first-order valence-corrected chi connectivity index (χ1v) is 7.08. The van der Waals surface area contributed by atoms with Crippen molar-refractivity contribution in [3.63, 3.8) is 0 Å². The zero-order valence-corrected chi connectivity index (χ0v) is 11.0. The highest BCUT2D eigenvalue weighted by Crippen LogP contribution is 2.28. The number of nitrogens with one attached hydrogen (secondary N) is 1. The highest BCUT2D eigenvalue weighted by Gasteiger charge is 2.18. The van der Waals surface area contributed by atoms with Gasteiger partial charge in [0.15, 0.2) is 0 Å². The van der Waals surface area contributed by atoms with Crippen molar-refractivity contribution < 1.29 is 4.42 Å². The van der Waals surface area contributed by atoms with E-state index < -0.39 is 0 Å². The largest absolute Gasteiger partial charge is 0.469 e. The second-order valence-electron chi connectivity index (χ2n) is 5.34. The van der Waals surface area contributed by atoms with E-state index in [9.17, 15) is 0 Å². The summed E-state index contributed by atoms with van der Waals surface area (Å²) in [6, 6.07) is 4.71. The van der Waals surface area contributed by atoms with E-state index in [1.54, 1.807) is 6.26 Å². The lowest BCUT2D eigenvalue weighted by Gasteiger charge is -2.26. The number of hydrogen-bond acceptors (Lipinski definition) is 2. The maximum absolute atomic E-state index is 5.39. The molecule has 1 aliphatic carbocycles. The summed E-state index contributed by atoms with van der Waals surface area (Å²) in [6.45, 7) is 0. The number of furan rings is 1. The van der Waals surface area contributed by atoms with Gasteiger partial charge in [-0.3, -0.25) is 0 Å². The standard InChI is InChI=1S/C15H25NO/c1-16-14(9-10-15-8-5-11-17-15)12-13-6-3-2-4-7-13/h5,8,11,13-14,16H,2-4,6-7,9-10,12H2,1H3. The molecule has 96 valence electrons. The quantitative estimate of drug-likeness (QED) is 0.812. The molecule has 17 heavy (non-hydrogen) atoms. The predicted molar refractivity (Wildman–Crippen MR) is 71.1 cm³/mol. The van der Waals surface area contributed by atoms with Crippen LogP contribution in [0.5, 0.6) is 0 Å². The van der Waals surface area contributed by atoms with Crippen LogP contribution >= 0.6 is 0 Å². The summed E-state index contributed by atoms with van der Waals surface area (Å²) < 4.78 is 5.39. The van der Waals surface area contributed by atoms with Crippen molar-refractivity contribution in [3.05, 3.63) is 24.2 Å². The number of rotatable bonds is 6. The summed E-state index contributed by atoms with van der Waals surface area (Å²) >= 11 is 0. The van der Waals surface area contributed by atoms with Gasteiger partial charge in [0.1, 0.15) is 5.76 Å². The van der Waals surface area contributed by atoms with Crippen LogP contribution in [0.4, 0.5) is 0 Å².